The van der Waals surface area contributed by atoms with E-state index in [0.29, 0.717) is 24.9 Å². The maximum atomic E-state index is 12.4. The zero-order chi connectivity index (χ0) is 15.1. The number of aryl methyl sites for hydroxylation is 1. The van der Waals surface area contributed by atoms with Gasteiger partial charge in [0.05, 0.1) is 6.10 Å². The van der Waals surface area contributed by atoms with Crippen LogP contribution in [0.1, 0.15) is 43.9 Å². The molecule has 0 aliphatic heterocycles. The average Bonchev–Trinajstić information content (AvgIpc) is 2.39. The molecule has 2 unspecified atom stereocenters. The Hall–Kier alpha value is -1.20. The molecule has 2 atom stereocenters. The average molecular weight is 287 g/mol. The van der Waals surface area contributed by atoms with Crippen molar-refractivity contribution < 1.29 is 18.6 Å². The van der Waals surface area contributed by atoms with E-state index >= 15 is 0 Å². The summed E-state index contributed by atoms with van der Waals surface area (Å²) in [6.45, 7) is 3.52. The zero-order valence-corrected chi connectivity index (χ0v) is 12.2. The number of hydrogen-bond donors (Lipinski definition) is 2. The molecule has 114 valence electrons. The largest absolute Gasteiger partial charge is 0.434 e. The number of benzene rings is 1. The lowest BCUT2D eigenvalue weighted by atomic mass is 10.0. The van der Waals surface area contributed by atoms with Crippen molar-refractivity contribution in [1.82, 2.24) is 5.32 Å². The van der Waals surface area contributed by atoms with E-state index in [9.17, 15) is 13.9 Å². The van der Waals surface area contributed by atoms with E-state index in [2.05, 4.69) is 10.1 Å². The van der Waals surface area contributed by atoms with Gasteiger partial charge in [-0.2, -0.15) is 8.78 Å². The van der Waals surface area contributed by atoms with Crippen LogP contribution in [-0.4, -0.2) is 24.4 Å². The number of aliphatic hydroxyl groups is 1. The van der Waals surface area contributed by atoms with Crippen LogP contribution in [0.3, 0.4) is 0 Å². The Labute approximate surface area is 119 Å². The normalized spacial score (nSPS) is 14.3. The minimum atomic E-state index is -2.83. The molecular weight excluding hydrogens is 264 g/mol. The molecule has 0 radical (unpaired) electrons. The summed E-state index contributed by atoms with van der Waals surface area (Å²) in [4.78, 5) is 0. The predicted molar refractivity (Wildman–Crippen MR) is 75.1 cm³/mol. The maximum Gasteiger partial charge on any atom is 0.387 e. The van der Waals surface area contributed by atoms with Crippen LogP contribution in [0.5, 0.6) is 5.75 Å². The topological polar surface area (TPSA) is 41.5 Å². The molecule has 3 nitrogen and oxygen atoms in total. The Morgan fingerprint density at radius 1 is 1.35 bits per heavy atom. The third kappa shape index (κ3) is 5.43. The van der Waals surface area contributed by atoms with Crippen LogP contribution in [0.15, 0.2) is 18.2 Å². The summed E-state index contributed by atoms with van der Waals surface area (Å²) in [5.41, 5.74) is 1.69. The molecule has 1 rings (SSSR count). The lowest BCUT2D eigenvalue weighted by Crippen LogP contribution is -2.24. The van der Waals surface area contributed by atoms with Crippen LogP contribution < -0.4 is 10.1 Å². The summed E-state index contributed by atoms with van der Waals surface area (Å²) in [7, 11) is 0. The molecule has 0 amide bonds. The first kappa shape index (κ1) is 16.9. The second kappa shape index (κ2) is 8.17. The fraction of sp³-hybridized carbons (Fsp3) is 0.600. The van der Waals surface area contributed by atoms with Crippen molar-refractivity contribution in [2.24, 2.45) is 0 Å². The van der Waals surface area contributed by atoms with Gasteiger partial charge in [-0.25, -0.2) is 0 Å². The van der Waals surface area contributed by atoms with Gasteiger partial charge < -0.3 is 15.2 Å². The van der Waals surface area contributed by atoms with E-state index in [4.69, 9.17) is 0 Å². The number of alkyl halides is 2. The highest BCUT2D eigenvalue weighted by atomic mass is 19.3. The molecule has 0 spiro atoms. The van der Waals surface area contributed by atoms with Crippen LogP contribution in [0.25, 0.3) is 0 Å². The number of halogens is 2. The highest BCUT2D eigenvalue weighted by Gasteiger charge is 2.15. The maximum absolute atomic E-state index is 12.4. The highest BCUT2D eigenvalue weighted by molar-refractivity contribution is 5.39. The van der Waals surface area contributed by atoms with Crippen LogP contribution in [0.2, 0.25) is 0 Å². The first-order valence-electron chi connectivity index (χ1n) is 6.90. The number of aliphatic hydroxyl groups excluding tert-OH is 1. The molecule has 2 N–H and O–H groups in total. The molecule has 0 aromatic heterocycles. The number of nitrogens with one attached hydrogen (secondary N) is 1. The Bertz CT molecular complexity index is 413. The SMILES string of the molecule is CCC(O)CCNC(C)c1cc(C)ccc1OC(F)F. The van der Waals surface area contributed by atoms with E-state index < -0.39 is 6.61 Å². The Morgan fingerprint density at radius 2 is 2.05 bits per heavy atom. The van der Waals surface area contributed by atoms with Gasteiger partial charge in [0, 0.05) is 11.6 Å². The summed E-state index contributed by atoms with van der Waals surface area (Å²) < 4.78 is 29.3. The molecule has 0 heterocycles. The molecule has 0 saturated heterocycles. The van der Waals surface area contributed by atoms with Gasteiger partial charge in [-0.15, -0.1) is 0 Å². The van der Waals surface area contributed by atoms with Crippen molar-refractivity contribution in [2.75, 3.05) is 6.54 Å². The fourth-order valence-corrected chi connectivity index (χ4v) is 1.99. The summed E-state index contributed by atoms with van der Waals surface area (Å²) in [6.07, 6.45) is 1.02. The number of rotatable bonds is 8. The molecule has 20 heavy (non-hydrogen) atoms. The fourth-order valence-electron chi connectivity index (χ4n) is 1.99. The van der Waals surface area contributed by atoms with Gasteiger partial charge in [0.25, 0.3) is 0 Å². The van der Waals surface area contributed by atoms with Crippen LogP contribution >= 0.6 is 0 Å². The Kier molecular flexibility index (Phi) is 6.88. The number of hydrogen-bond acceptors (Lipinski definition) is 3. The zero-order valence-electron chi connectivity index (χ0n) is 12.2. The van der Waals surface area contributed by atoms with E-state index in [0.717, 1.165) is 5.56 Å². The minimum Gasteiger partial charge on any atom is -0.434 e. The van der Waals surface area contributed by atoms with Gasteiger partial charge in [0.15, 0.2) is 0 Å². The van der Waals surface area contributed by atoms with Crippen molar-refractivity contribution in [1.29, 1.82) is 0 Å². The molecule has 1 aromatic rings. The lowest BCUT2D eigenvalue weighted by molar-refractivity contribution is -0.0506. The van der Waals surface area contributed by atoms with Crippen molar-refractivity contribution in [3.8, 4) is 5.75 Å². The standard InChI is InChI=1S/C15H23F2NO2/c1-4-12(19)7-8-18-11(3)13-9-10(2)5-6-14(13)20-15(16)17/h5-6,9,11-12,15,18-19H,4,7-8H2,1-3H3. The first-order valence-corrected chi connectivity index (χ1v) is 6.90. The molecular formula is C15H23F2NO2. The smallest absolute Gasteiger partial charge is 0.387 e. The summed E-state index contributed by atoms with van der Waals surface area (Å²) >= 11 is 0. The molecule has 0 aliphatic carbocycles. The molecule has 5 heteroatoms. The molecule has 0 saturated carbocycles. The third-order valence-electron chi connectivity index (χ3n) is 3.25. The van der Waals surface area contributed by atoms with Gasteiger partial charge in [-0.1, -0.05) is 24.6 Å². The van der Waals surface area contributed by atoms with Crippen molar-refractivity contribution in [3.63, 3.8) is 0 Å². The first-order chi connectivity index (χ1) is 9.43. The quantitative estimate of drug-likeness (QED) is 0.770. The van der Waals surface area contributed by atoms with E-state index in [1.54, 1.807) is 12.1 Å². The highest BCUT2D eigenvalue weighted by Crippen LogP contribution is 2.27. The molecule has 0 bridgehead atoms. The Balaban J connectivity index is 2.69. The summed E-state index contributed by atoms with van der Waals surface area (Å²) in [5, 5.41) is 12.7. The van der Waals surface area contributed by atoms with Crippen LogP contribution in [-0.2, 0) is 0 Å². The van der Waals surface area contributed by atoms with E-state index in [1.807, 2.05) is 26.8 Å². The minimum absolute atomic E-state index is 0.118. The molecule has 0 fully saturated rings. The third-order valence-corrected chi connectivity index (χ3v) is 3.25. The summed E-state index contributed by atoms with van der Waals surface area (Å²) in [5.74, 6) is 0.196. The van der Waals surface area contributed by atoms with Crippen molar-refractivity contribution >= 4 is 0 Å². The van der Waals surface area contributed by atoms with Gasteiger partial charge >= 0.3 is 6.61 Å². The van der Waals surface area contributed by atoms with Gasteiger partial charge in [-0.05, 0) is 39.3 Å². The van der Waals surface area contributed by atoms with Gasteiger partial charge in [0.2, 0.25) is 0 Å². The van der Waals surface area contributed by atoms with Crippen LogP contribution in [0.4, 0.5) is 8.78 Å². The Morgan fingerprint density at radius 3 is 2.65 bits per heavy atom. The summed E-state index contributed by atoms with van der Waals surface area (Å²) in [6, 6.07) is 5.03. The molecule has 0 aliphatic rings. The monoisotopic (exact) mass is 287 g/mol. The second-order valence-electron chi connectivity index (χ2n) is 4.95. The van der Waals surface area contributed by atoms with E-state index in [1.165, 1.54) is 0 Å². The van der Waals surface area contributed by atoms with Crippen molar-refractivity contribution in [2.45, 2.75) is 52.4 Å². The van der Waals surface area contributed by atoms with E-state index in [-0.39, 0.29) is 17.9 Å². The second-order valence-corrected chi connectivity index (χ2v) is 4.95. The van der Waals surface area contributed by atoms with Crippen molar-refractivity contribution in [3.05, 3.63) is 29.3 Å². The molecule has 1 aromatic carbocycles. The number of ether oxygens (including phenoxy) is 1. The van der Waals surface area contributed by atoms with Crippen LogP contribution in [0, 0.1) is 6.92 Å². The predicted octanol–water partition coefficient (Wildman–Crippen LogP) is 3.41. The van der Waals surface area contributed by atoms with Gasteiger partial charge in [0.1, 0.15) is 5.75 Å². The van der Waals surface area contributed by atoms with Gasteiger partial charge in [-0.3, -0.25) is 0 Å². The lowest BCUT2D eigenvalue weighted by Gasteiger charge is -2.19.